The highest BCUT2D eigenvalue weighted by atomic mass is 16.5. The van der Waals surface area contributed by atoms with E-state index in [4.69, 9.17) is 14.2 Å². The molecule has 0 bridgehead atoms. The summed E-state index contributed by atoms with van der Waals surface area (Å²) in [5, 5.41) is 3.46. The molecule has 0 spiro atoms. The van der Waals surface area contributed by atoms with Crippen molar-refractivity contribution in [2.45, 2.75) is 26.8 Å². The highest BCUT2D eigenvalue weighted by Gasteiger charge is 2.04. The first-order valence-electron chi connectivity index (χ1n) is 10.6. The molecule has 0 aliphatic carbocycles. The zero-order valence-corrected chi connectivity index (χ0v) is 17.8. The molecule has 4 nitrogen and oxygen atoms in total. The van der Waals surface area contributed by atoms with Gasteiger partial charge in [-0.2, -0.15) is 0 Å². The van der Waals surface area contributed by atoms with E-state index in [1.54, 1.807) is 0 Å². The SMILES string of the molecule is CC(C)CCOc1ccccc1CNc1ccc(OCCOc2ccccc2)cc1. The Hall–Kier alpha value is -3.14. The molecule has 3 aromatic carbocycles. The van der Waals surface area contributed by atoms with Gasteiger partial charge in [-0.25, -0.2) is 0 Å². The Labute approximate surface area is 179 Å². The fourth-order valence-corrected chi connectivity index (χ4v) is 2.90. The second kappa shape index (κ2) is 11.8. The van der Waals surface area contributed by atoms with Gasteiger partial charge in [-0.3, -0.25) is 0 Å². The van der Waals surface area contributed by atoms with Gasteiger partial charge in [0.15, 0.2) is 0 Å². The first kappa shape index (κ1) is 21.6. The molecular formula is C26H31NO3. The summed E-state index contributed by atoms with van der Waals surface area (Å²) in [7, 11) is 0. The topological polar surface area (TPSA) is 39.7 Å². The van der Waals surface area contributed by atoms with E-state index in [1.165, 1.54) is 0 Å². The summed E-state index contributed by atoms with van der Waals surface area (Å²) in [5.74, 6) is 3.27. The van der Waals surface area contributed by atoms with Gasteiger partial charge in [-0.15, -0.1) is 0 Å². The van der Waals surface area contributed by atoms with E-state index in [-0.39, 0.29) is 0 Å². The molecule has 0 unspecified atom stereocenters. The predicted octanol–water partition coefficient (Wildman–Crippen LogP) is 6.18. The predicted molar refractivity (Wildman–Crippen MR) is 123 cm³/mol. The van der Waals surface area contributed by atoms with E-state index in [1.807, 2.05) is 72.8 Å². The van der Waals surface area contributed by atoms with Gasteiger partial charge in [0.2, 0.25) is 0 Å². The van der Waals surface area contributed by atoms with Crippen LogP contribution >= 0.6 is 0 Å². The Bertz CT molecular complexity index is 863. The highest BCUT2D eigenvalue weighted by molar-refractivity contribution is 5.48. The van der Waals surface area contributed by atoms with Crippen molar-refractivity contribution in [2.75, 3.05) is 25.1 Å². The van der Waals surface area contributed by atoms with Crippen molar-refractivity contribution >= 4 is 5.69 Å². The molecule has 0 amide bonds. The van der Waals surface area contributed by atoms with E-state index in [0.29, 0.717) is 25.7 Å². The molecule has 3 aromatic rings. The van der Waals surface area contributed by atoms with Crippen LogP contribution in [0.5, 0.6) is 17.2 Å². The van der Waals surface area contributed by atoms with Crippen molar-refractivity contribution in [2.24, 2.45) is 5.92 Å². The number of anilines is 1. The highest BCUT2D eigenvalue weighted by Crippen LogP contribution is 2.21. The van der Waals surface area contributed by atoms with E-state index in [9.17, 15) is 0 Å². The van der Waals surface area contributed by atoms with Crippen molar-refractivity contribution in [3.63, 3.8) is 0 Å². The minimum absolute atomic E-state index is 0.503. The molecule has 4 heteroatoms. The normalized spacial score (nSPS) is 10.6. The Balaban J connectivity index is 1.42. The third kappa shape index (κ3) is 7.36. The van der Waals surface area contributed by atoms with Gasteiger partial charge in [-0.1, -0.05) is 50.2 Å². The number of rotatable bonds is 12. The molecule has 0 aliphatic heterocycles. The van der Waals surface area contributed by atoms with Gasteiger partial charge in [-0.05, 0) is 54.8 Å². The largest absolute Gasteiger partial charge is 0.493 e. The van der Waals surface area contributed by atoms with Crippen LogP contribution in [0.3, 0.4) is 0 Å². The summed E-state index contributed by atoms with van der Waals surface area (Å²) >= 11 is 0. The number of para-hydroxylation sites is 2. The average molecular weight is 406 g/mol. The first-order valence-corrected chi connectivity index (χ1v) is 10.6. The lowest BCUT2D eigenvalue weighted by Crippen LogP contribution is -2.09. The zero-order valence-electron chi connectivity index (χ0n) is 17.8. The molecule has 158 valence electrons. The molecule has 0 saturated heterocycles. The number of hydrogen-bond acceptors (Lipinski definition) is 4. The van der Waals surface area contributed by atoms with Crippen LogP contribution in [0, 0.1) is 5.92 Å². The van der Waals surface area contributed by atoms with Gasteiger partial charge in [0, 0.05) is 17.8 Å². The Morgan fingerprint density at radius 2 is 1.30 bits per heavy atom. The van der Waals surface area contributed by atoms with E-state index in [2.05, 4.69) is 25.2 Å². The van der Waals surface area contributed by atoms with Crippen LogP contribution in [0.25, 0.3) is 0 Å². The van der Waals surface area contributed by atoms with Crippen molar-refractivity contribution in [1.29, 1.82) is 0 Å². The van der Waals surface area contributed by atoms with Crippen molar-refractivity contribution in [3.05, 3.63) is 84.4 Å². The lowest BCUT2D eigenvalue weighted by Gasteiger charge is -2.14. The maximum atomic E-state index is 5.97. The standard InChI is InChI=1S/C26H31NO3/c1-21(2)16-17-30-26-11-7-6-8-22(26)20-27-23-12-14-25(15-13-23)29-19-18-28-24-9-4-3-5-10-24/h3-15,21,27H,16-20H2,1-2H3. The van der Waals surface area contributed by atoms with Gasteiger partial charge in [0.25, 0.3) is 0 Å². The summed E-state index contributed by atoms with van der Waals surface area (Å²) in [5.41, 5.74) is 2.19. The molecule has 0 atom stereocenters. The van der Waals surface area contributed by atoms with Crippen LogP contribution in [0.1, 0.15) is 25.8 Å². The van der Waals surface area contributed by atoms with E-state index < -0.39 is 0 Å². The average Bonchev–Trinajstić information content (AvgIpc) is 2.77. The maximum Gasteiger partial charge on any atom is 0.124 e. The van der Waals surface area contributed by atoms with Crippen LogP contribution < -0.4 is 19.5 Å². The Kier molecular flexibility index (Phi) is 8.46. The van der Waals surface area contributed by atoms with Crippen LogP contribution in [-0.2, 0) is 6.54 Å². The molecule has 1 N–H and O–H groups in total. The summed E-state index contributed by atoms with van der Waals surface area (Å²) in [4.78, 5) is 0. The summed E-state index contributed by atoms with van der Waals surface area (Å²) in [6.07, 6.45) is 1.06. The number of benzene rings is 3. The van der Waals surface area contributed by atoms with Gasteiger partial charge < -0.3 is 19.5 Å². The third-order valence-electron chi connectivity index (χ3n) is 4.63. The van der Waals surface area contributed by atoms with Gasteiger partial charge in [0.1, 0.15) is 30.5 Å². The quantitative estimate of drug-likeness (QED) is 0.365. The number of nitrogens with one attached hydrogen (secondary N) is 1. The molecule has 0 saturated carbocycles. The molecule has 3 rings (SSSR count). The molecule has 0 radical (unpaired) electrons. The molecule has 0 aromatic heterocycles. The fourth-order valence-electron chi connectivity index (χ4n) is 2.90. The lowest BCUT2D eigenvalue weighted by molar-refractivity contribution is 0.217. The lowest BCUT2D eigenvalue weighted by atomic mass is 10.1. The second-order valence-corrected chi connectivity index (χ2v) is 7.53. The van der Waals surface area contributed by atoms with Crippen LogP contribution in [0.2, 0.25) is 0 Å². The van der Waals surface area contributed by atoms with Crippen LogP contribution in [-0.4, -0.2) is 19.8 Å². The van der Waals surface area contributed by atoms with Crippen molar-refractivity contribution < 1.29 is 14.2 Å². The first-order chi connectivity index (χ1) is 14.7. The van der Waals surface area contributed by atoms with Crippen molar-refractivity contribution in [3.8, 4) is 17.2 Å². The minimum Gasteiger partial charge on any atom is -0.493 e. The van der Waals surface area contributed by atoms with Crippen molar-refractivity contribution in [1.82, 2.24) is 0 Å². The van der Waals surface area contributed by atoms with Gasteiger partial charge in [0.05, 0.1) is 6.61 Å². The summed E-state index contributed by atoms with van der Waals surface area (Å²) in [6.45, 7) is 6.89. The third-order valence-corrected chi connectivity index (χ3v) is 4.63. The fraction of sp³-hybridized carbons (Fsp3) is 0.308. The summed E-state index contributed by atoms with van der Waals surface area (Å²) < 4.78 is 17.4. The molecular weight excluding hydrogens is 374 g/mol. The van der Waals surface area contributed by atoms with E-state index in [0.717, 1.165) is 41.5 Å². The van der Waals surface area contributed by atoms with Crippen LogP contribution in [0.15, 0.2) is 78.9 Å². The number of ether oxygens (including phenoxy) is 3. The zero-order chi connectivity index (χ0) is 21.0. The Morgan fingerprint density at radius 1 is 0.667 bits per heavy atom. The van der Waals surface area contributed by atoms with Crippen LogP contribution in [0.4, 0.5) is 5.69 Å². The minimum atomic E-state index is 0.503. The number of hydrogen-bond donors (Lipinski definition) is 1. The second-order valence-electron chi connectivity index (χ2n) is 7.53. The maximum absolute atomic E-state index is 5.97. The smallest absolute Gasteiger partial charge is 0.124 e. The van der Waals surface area contributed by atoms with E-state index >= 15 is 0 Å². The molecule has 0 aliphatic rings. The monoisotopic (exact) mass is 405 g/mol. The molecule has 30 heavy (non-hydrogen) atoms. The van der Waals surface area contributed by atoms with Gasteiger partial charge >= 0.3 is 0 Å². The molecule has 0 fully saturated rings. The summed E-state index contributed by atoms with van der Waals surface area (Å²) in [6, 6.07) is 25.9. The molecule has 0 heterocycles. The Morgan fingerprint density at radius 3 is 2.00 bits per heavy atom.